The minimum Gasteiger partial charge on any atom is -0.464 e. The van der Waals surface area contributed by atoms with E-state index in [0.717, 1.165) is 0 Å². The van der Waals surface area contributed by atoms with E-state index in [1.165, 1.54) is 7.11 Å². The van der Waals surface area contributed by atoms with Gasteiger partial charge in [0.2, 0.25) is 6.29 Å². The minimum atomic E-state index is -0.862. The van der Waals surface area contributed by atoms with E-state index in [2.05, 4.69) is 0 Å². The summed E-state index contributed by atoms with van der Waals surface area (Å²) < 4.78 is 26.8. The van der Waals surface area contributed by atoms with Crippen molar-refractivity contribution < 1.29 is 28.5 Å². The summed E-state index contributed by atoms with van der Waals surface area (Å²) in [6.45, 7) is 0.331. The van der Waals surface area contributed by atoms with Gasteiger partial charge in [-0.3, -0.25) is 0 Å². The quantitative estimate of drug-likeness (QED) is 0.810. The van der Waals surface area contributed by atoms with E-state index in [0.29, 0.717) is 12.4 Å². The van der Waals surface area contributed by atoms with E-state index in [1.807, 2.05) is 0 Å². The van der Waals surface area contributed by atoms with Gasteiger partial charge < -0.3 is 28.5 Å². The van der Waals surface area contributed by atoms with Gasteiger partial charge in [-0.25, -0.2) is 0 Å². The fourth-order valence-corrected chi connectivity index (χ4v) is 2.14. The summed E-state index contributed by atoms with van der Waals surface area (Å²) in [6, 6.07) is 3.53. The van der Waals surface area contributed by atoms with Gasteiger partial charge >= 0.3 is 0 Å². The molecule has 0 amide bonds. The van der Waals surface area contributed by atoms with Crippen molar-refractivity contribution >= 4 is 0 Å². The van der Waals surface area contributed by atoms with Gasteiger partial charge in [0.1, 0.15) is 18.3 Å². The van der Waals surface area contributed by atoms with E-state index in [4.69, 9.17) is 23.4 Å². The van der Waals surface area contributed by atoms with Crippen LogP contribution in [0.4, 0.5) is 0 Å². The lowest BCUT2D eigenvalue weighted by Gasteiger charge is -2.33. The third-order valence-corrected chi connectivity index (χ3v) is 2.99. The molecular weight excluding hydrogens is 228 g/mol. The fraction of sp³-hybridized carbons (Fsp3) is 0.636. The maximum Gasteiger partial charge on any atom is 0.218 e. The summed E-state index contributed by atoms with van der Waals surface area (Å²) in [5, 5.41) is 9.97. The van der Waals surface area contributed by atoms with Crippen LogP contribution in [0.15, 0.2) is 22.8 Å². The predicted octanol–water partition coefficient (Wildman–Crippen LogP) is 0.426. The van der Waals surface area contributed by atoms with E-state index in [1.54, 1.807) is 18.4 Å². The van der Waals surface area contributed by atoms with E-state index >= 15 is 0 Å². The molecule has 0 aliphatic carbocycles. The molecule has 3 heterocycles. The predicted molar refractivity (Wildman–Crippen MR) is 54.0 cm³/mol. The van der Waals surface area contributed by atoms with Crippen molar-refractivity contribution in [3.05, 3.63) is 24.2 Å². The van der Waals surface area contributed by atoms with Crippen LogP contribution in [-0.2, 0) is 18.9 Å². The average molecular weight is 242 g/mol. The molecule has 1 N–H and O–H groups in total. The highest BCUT2D eigenvalue weighted by atomic mass is 16.8. The number of fused-ring (bicyclic) bond motifs is 1. The molecule has 0 bridgehead atoms. The number of aliphatic hydroxyl groups is 1. The molecule has 6 nitrogen and oxygen atoms in total. The van der Waals surface area contributed by atoms with Crippen LogP contribution >= 0.6 is 0 Å². The molecule has 6 heteroatoms. The number of hydrogen-bond acceptors (Lipinski definition) is 6. The number of hydrogen-bond donors (Lipinski definition) is 1. The fourth-order valence-electron chi connectivity index (χ4n) is 2.14. The summed E-state index contributed by atoms with van der Waals surface area (Å²) in [7, 11) is 1.48. The lowest BCUT2D eigenvalue weighted by Crippen LogP contribution is -2.52. The topological polar surface area (TPSA) is 70.3 Å². The normalized spacial score (nSPS) is 41.4. The molecule has 94 valence electrons. The summed E-state index contributed by atoms with van der Waals surface area (Å²) >= 11 is 0. The Morgan fingerprint density at radius 3 is 3.00 bits per heavy atom. The molecule has 0 saturated carbocycles. The number of methoxy groups -OCH3 is 1. The zero-order valence-corrected chi connectivity index (χ0v) is 9.31. The van der Waals surface area contributed by atoms with Crippen LogP contribution < -0.4 is 0 Å². The van der Waals surface area contributed by atoms with Crippen molar-refractivity contribution in [2.45, 2.75) is 30.9 Å². The van der Waals surface area contributed by atoms with Crippen LogP contribution in [0.3, 0.4) is 0 Å². The first-order valence-electron chi connectivity index (χ1n) is 5.46. The summed E-state index contributed by atoms with van der Waals surface area (Å²) in [5.41, 5.74) is 0. The molecule has 5 atom stereocenters. The van der Waals surface area contributed by atoms with Crippen molar-refractivity contribution in [1.82, 2.24) is 0 Å². The molecule has 2 aliphatic heterocycles. The maximum atomic E-state index is 9.97. The van der Waals surface area contributed by atoms with Crippen LogP contribution in [0.2, 0.25) is 0 Å². The second-order valence-corrected chi connectivity index (χ2v) is 4.05. The second kappa shape index (κ2) is 4.40. The summed E-state index contributed by atoms with van der Waals surface area (Å²) in [4.78, 5) is 0. The Kier molecular flexibility index (Phi) is 2.89. The highest BCUT2D eigenvalue weighted by Gasteiger charge is 2.48. The van der Waals surface area contributed by atoms with Crippen molar-refractivity contribution in [3.63, 3.8) is 0 Å². The zero-order chi connectivity index (χ0) is 11.8. The van der Waals surface area contributed by atoms with Crippen molar-refractivity contribution in [3.8, 4) is 0 Å². The van der Waals surface area contributed by atoms with Crippen LogP contribution in [0.1, 0.15) is 12.1 Å². The van der Waals surface area contributed by atoms with Gasteiger partial charge in [0.05, 0.1) is 12.9 Å². The Balaban J connectivity index is 1.73. The highest BCUT2D eigenvalue weighted by Crippen LogP contribution is 2.36. The Labute approximate surface area is 98.0 Å². The monoisotopic (exact) mass is 242 g/mol. The smallest absolute Gasteiger partial charge is 0.218 e. The van der Waals surface area contributed by atoms with E-state index < -0.39 is 24.8 Å². The lowest BCUT2D eigenvalue weighted by molar-refractivity contribution is -0.241. The molecule has 5 unspecified atom stereocenters. The third-order valence-electron chi connectivity index (χ3n) is 2.99. The van der Waals surface area contributed by atoms with E-state index in [9.17, 15) is 5.11 Å². The molecule has 0 aromatic carbocycles. The molecular formula is C11H14O6. The Hall–Kier alpha value is -0.920. The molecule has 0 radical (unpaired) electrons. The first kappa shape index (κ1) is 11.2. The SMILES string of the molecule is COC1OCC2OC(c3ccco3)OC2C1O. The van der Waals surface area contributed by atoms with Gasteiger partial charge in [-0.1, -0.05) is 0 Å². The first-order chi connectivity index (χ1) is 8.29. The molecule has 3 rings (SSSR count). The molecule has 2 aliphatic rings. The van der Waals surface area contributed by atoms with Crippen LogP contribution in [0.25, 0.3) is 0 Å². The van der Waals surface area contributed by atoms with Crippen molar-refractivity contribution in [2.75, 3.05) is 13.7 Å². The van der Waals surface area contributed by atoms with Gasteiger partial charge in [-0.2, -0.15) is 0 Å². The second-order valence-electron chi connectivity index (χ2n) is 4.05. The number of furan rings is 1. The number of ether oxygens (including phenoxy) is 4. The molecule has 17 heavy (non-hydrogen) atoms. The van der Waals surface area contributed by atoms with Crippen LogP contribution in [-0.4, -0.2) is 43.4 Å². The Bertz CT molecular complexity index is 364. The van der Waals surface area contributed by atoms with Crippen LogP contribution in [0.5, 0.6) is 0 Å². The largest absolute Gasteiger partial charge is 0.464 e. The molecule has 2 saturated heterocycles. The maximum absolute atomic E-state index is 9.97. The number of rotatable bonds is 2. The Morgan fingerprint density at radius 1 is 1.41 bits per heavy atom. The van der Waals surface area contributed by atoms with Gasteiger partial charge in [-0.05, 0) is 12.1 Å². The van der Waals surface area contributed by atoms with Crippen molar-refractivity contribution in [2.24, 2.45) is 0 Å². The molecule has 1 aromatic heterocycles. The minimum absolute atomic E-state index is 0.300. The molecule has 1 aromatic rings. The lowest BCUT2D eigenvalue weighted by atomic mass is 10.1. The highest BCUT2D eigenvalue weighted by molar-refractivity contribution is 5.03. The average Bonchev–Trinajstić information content (AvgIpc) is 2.98. The molecule has 0 spiro atoms. The first-order valence-corrected chi connectivity index (χ1v) is 5.46. The van der Waals surface area contributed by atoms with Gasteiger partial charge in [0, 0.05) is 7.11 Å². The van der Waals surface area contributed by atoms with E-state index in [-0.39, 0.29) is 6.10 Å². The number of aliphatic hydroxyl groups excluding tert-OH is 1. The molecule has 2 fully saturated rings. The summed E-state index contributed by atoms with van der Waals surface area (Å²) in [6.07, 6.45) is -1.33. The van der Waals surface area contributed by atoms with Gasteiger partial charge in [-0.15, -0.1) is 0 Å². The zero-order valence-electron chi connectivity index (χ0n) is 9.31. The summed E-state index contributed by atoms with van der Waals surface area (Å²) in [5.74, 6) is 0.584. The Morgan fingerprint density at radius 2 is 2.29 bits per heavy atom. The van der Waals surface area contributed by atoms with Gasteiger partial charge in [0.25, 0.3) is 0 Å². The van der Waals surface area contributed by atoms with Gasteiger partial charge in [0.15, 0.2) is 12.1 Å². The van der Waals surface area contributed by atoms with Crippen LogP contribution in [0, 0.1) is 0 Å². The van der Waals surface area contributed by atoms with Crippen molar-refractivity contribution in [1.29, 1.82) is 0 Å². The third kappa shape index (κ3) is 1.88. The standard InChI is InChI=1S/C11H14O6/c1-13-11-8(12)9-7(5-15-11)16-10(17-9)6-3-2-4-14-6/h2-4,7-12H,5H2,1H3.